The van der Waals surface area contributed by atoms with Gasteiger partial charge in [0.25, 0.3) is 0 Å². The maximum Gasteiger partial charge on any atom is 0.306 e. The Morgan fingerprint density at radius 3 is 0.906 bits per heavy atom. The maximum absolute atomic E-state index is 12.8. The first-order valence-corrected chi connectivity index (χ1v) is 28.0. The van der Waals surface area contributed by atoms with Crippen molar-refractivity contribution in [2.45, 2.75) is 303 Å². The number of ether oxygens (including phenoxy) is 3. The van der Waals surface area contributed by atoms with Crippen LogP contribution in [-0.4, -0.2) is 37.2 Å². The van der Waals surface area contributed by atoms with Gasteiger partial charge in [0.1, 0.15) is 13.2 Å². The van der Waals surface area contributed by atoms with Crippen molar-refractivity contribution in [3.63, 3.8) is 0 Å². The summed E-state index contributed by atoms with van der Waals surface area (Å²) in [6.45, 7) is 6.62. The smallest absolute Gasteiger partial charge is 0.306 e. The van der Waals surface area contributed by atoms with Crippen LogP contribution in [0.5, 0.6) is 0 Å². The van der Waals surface area contributed by atoms with E-state index in [1.165, 1.54) is 173 Å². The van der Waals surface area contributed by atoms with Gasteiger partial charge in [-0.2, -0.15) is 0 Å². The van der Waals surface area contributed by atoms with Gasteiger partial charge in [0.05, 0.1) is 0 Å². The molecule has 0 aromatic heterocycles. The summed E-state index contributed by atoms with van der Waals surface area (Å²) < 4.78 is 16.8. The average molecular weight is 899 g/mol. The van der Waals surface area contributed by atoms with Gasteiger partial charge < -0.3 is 14.2 Å². The zero-order chi connectivity index (χ0) is 46.5. The van der Waals surface area contributed by atoms with E-state index in [0.29, 0.717) is 19.3 Å². The number of unbranched alkanes of at least 4 members (excludes halogenated alkanes) is 34. The summed E-state index contributed by atoms with van der Waals surface area (Å²) in [6, 6.07) is 0. The quantitative estimate of drug-likeness (QED) is 0.0262. The molecule has 0 aliphatic rings. The molecule has 0 bridgehead atoms. The molecule has 0 aliphatic heterocycles. The van der Waals surface area contributed by atoms with Gasteiger partial charge in [-0.25, -0.2) is 0 Å². The van der Waals surface area contributed by atoms with Crippen LogP contribution in [0.3, 0.4) is 0 Å². The third kappa shape index (κ3) is 50.6. The van der Waals surface area contributed by atoms with Crippen LogP contribution in [0, 0.1) is 0 Å². The Bertz CT molecular complexity index is 1080. The molecule has 0 heterocycles. The molecule has 0 aromatic carbocycles. The van der Waals surface area contributed by atoms with Gasteiger partial charge in [-0.3, -0.25) is 14.4 Å². The lowest BCUT2D eigenvalue weighted by atomic mass is 10.1. The SMILES string of the molecule is CCCCC/C=C\C/C=C\CCCCCCCC(=O)OC(COC(=O)CCCCCCCCCCCC)COC(=O)CCCCCCCCCCC/C=C\CCCCCCCCCC. The predicted molar refractivity (Wildman–Crippen MR) is 275 cm³/mol. The van der Waals surface area contributed by atoms with Gasteiger partial charge in [0.2, 0.25) is 0 Å². The molecular formula is C58H106O6. The molecule has 6 heteroatoms. The van der Waals surface area contributed by atoms with Gasteiger partial charge in [-0.1, -0.05) is 237 Å². The molecule has 0 N–H and O–H groups in total. The maximum atomic E-state index is 12.8. The van der Waals surface area contributed by atoms with E-state index in [2.05, 4.69) is 57.2 Å². The Kier molecular flexibility index (Phi) is 51.3. The van der Waals surface area contributed by atoms with E-state index in [9.17, 15) is 14.4 Å². The number of carbonyl (C=O) groups excluding carboxylic acids is 3. The van der Waals surface area contributed by atoms with Crippen molar-refractivity contribution in [1.29, 1.82) is 0 Å². The highest BCUT2D eigenvalue weighted by Crippen LogP contribution is 2.16. The highest BCUT2D eigenvalue weighted by Gasteiger charge is 2.19. The molecular weight excluding hydrogens is 793 g/mol. The Morgan fingerprint density at radius 2 is 0.562 bits per heavy atom. The molecule has 0 fully saturated rings. The van der Waals surface area contributed by atoms with Crippen LogP contribution in [0.2, 0.25) is 0 Å². The molecule has 0 radical (unpaired) electrons. The summed E-state index contributed by atoms with van der Waals surface area (Å²) in [5, 5.41) is 0. The van der Waals surface area contributed by atoms with Crippen LogP contribution >= 0.6 is 0 Å². The van der Waals surface area contributed by atoms with Gasteiger partial charge in [-0.05, 0) is 77.0 Å². The van der Waals surface area contributed by atoms with E-state index >= 15 is 0 Å². The zero-order valence-corrected chi connectivity index (χ0v) is 42.8. The summed E-state index contributed by atoms with van der Waals surface area (Å²) in [4.78, 5) is 38.0. The molecule has 0 amide bonds. The minimum atomic E-state index is -0.776. The minimum Gasteiger partial charge on any atom is -0.462 e. The minimum absolute atomic E-state index is 0.0756. The lowest BCUT2D eigenvalue weighted by Gasteiger charge is -2.18. The Morgan fingerprint density at radius 1 is 0.312 bits per heavy atom. The first kappa shape index (κ1) is 61.6. The molecule has 0 aliphatic carbocycles. The number of allylic oxidation sites excluding steroid dienone is 6. The predicted octanol–water partition coefficient (Wildman–Crippen LogP) is 18.5. The summed E-state index contributed by atoms with van der Waals surface area (Å²) in [5.41, 5.74) is 0. The van der Waals surface area contributed by atoms with Gasteiger partial charge in [-0.15, -0.1) is 0 Å². The van der Waals surface area contributed by atoms with Crippen molar-refractivity contribution in [1.82, 2.24) is 0 Å². The Balaban J connectivity index is 4.28. The van der Waals surface area contributed by atoms with Crippen LogP contribution < -0.4 is 0 Å². The number of esters is 3. The van der Waals surface area contributed by atoms with Crippen LogP contribution in [-0.2, 0) is 28.6 Å². The third-order valence-corrected chi connectivity index (χ3v) is 12.4. The van der Waals surface area contributed by atoms with Crippen LogP contribution in [0.25, 0.3) is 0 Å². The van der Waals surface area contributed by atoms with E-state index in [4.69, 9.17) is 14.2 Å². The van der Waals surface area contributed by atoms with Gasteiger partial charge >= 0.3 is 17.9 Å². The lowest BCUT2D eigenvalue weighted by Crippen LogP contribution is -2.30. The molecule has 0 saturated heterocycles. The zero-order valence-electron chi connectivity index (χ0n) is 42.8. The Labute approximate surface area is 397 Å². The molecule has 0 rings (SSSR count). The van der Waals surface area contributed by atoms with Gasteiger partial charge in [0, 0.05) is 19.3 Å². The number of carbonyl (C=O) groups is 3. The van der Waals surface area contributed by atoms with Crippen LogP contribution in [0.1, 0.15) is 297 Å². The van der Waals surface area contributed by atoms with Crippen molar-refractivity contribution < 1.29 is 28.6 Å². The number of hydrogen-bond acceptors (Lipinski definition) is 6. The summed E-state index contributed by atoms with van der Waals surface area (Å²) in [6.07, 6.45) is 62.8. The Hall–Kier alpha value is -2.37. The topological polar surface area (TPSA) is 78.9 Å². The van der Waals surface area contributed by atoms with Crippen molar-refractivity contribution in [3.05, 3.63) is 36.5 Å². The standard InChI is InChI=1S/C58H106O6/c1-4-7-10-13-16-19-22-24-26-27-28-29-30-31-33-34-36-39-42-45-48-51-57(60)63-54-55(53-62-56(59)50-47-44-41-38-21-18-15-12-9-6-3)64-58(61)52-49-46-43-40-37-35-32-25-23-20-17-14-11-8-5-2/h17,20,25,27-28,32,55H,4-16,18-19,21-24,26,29-31,33-54H2,1-3H3/b20-17-,28-27-,32-25-. The normalized spacial score (nSPS) is 12.2. The molecule has 1 unspecified atom stereocenters. The van der Waals surface area contributed by atoms with E-state index in [0.717, 1.165) is 83.5 Å². The van der Waals surface area contributed by atoms with Crippen molar-refractivity contribution in [2.24, 2.45) is 0 Å². The van der Waals surface area contributed by atoms with E-state index in [1.54, 1.807) is 0 Å². The number of hydrogen-bond donors (Lipinski definition) is 0. The fourth-order valence-electron chi connectivity index (χ4n) is 8.12. The van der Waals surface area contributed by atoms with Crippen molar-refractivity contribution in [2.75, 3.05) is 13.2 Å². The first-order chi connectivity index (χ1) is 31.5. The second kappa shape index (κ2) is 53.2. The van der Waals surface area contributed by atoms with E-state index < -0.39 is 6.10 Å². The molecule has 1 atom stereocenters. The second-order valence-corrected chi connectivity index (χ2v) is 18.8. The second-order valence-electron chi connectivity index (χ2n) is 18.8. The fourth-order valence-corrected chi connectivity index (χ4v) is 8.12. The third-order valence-electron chi connectivity index (χ3n) is 12.4. The van der Waals surface area contributed by atoms with Crippen molar-refractivity contribution in [3.8, 4) is 0 Å². The molecule has 6 nitrogen and oxygen atoms in total. The molecule has 0 aromatic rings. The molecule has 0 saturated carbocycles. The molecule has 374 valence electrons. The van der Waals surface area contributed by atoms with E-state index in [1.807, 2.05) is 0 Å². The van der Waals surface area contributed by atoms with Gasteiger partial charge in [0.15, 0.2) is 6.10 Å². The first-order valence-electron chi connectivity index (χ1n) is 28.0. The summed E-state index contributed by atoms with van der Waals surface area (Å²) >= 11 is 0. The van der Waals surface area contributed by atoms with E-state index in [-0.39, 0.29) is 31.1 Å². The number of rotatable bonds is 51. The fraction of sp³-hybridized carbons (Fsp3) is 0.845. The average Bonchev–Trinajstić information content (AvgIpc) is 3.29. The van der Waals surface area contributed by atoms with Crippen LogP contribution in [0.4, 0.5) is 0 Å². The summed E-state index contributed by atoms with van der Waals surface area (Å²) in [5.74, 6) is -0.880. The monoisotopic (exact) mass is 899 g/mol. The largest absolute Gasteiger partial charge is 0.462 e. The highest BCUT2D eigenvalue weighted by atomic mass is 16.6. The lowest BCUT2D eigenvalue weighted by molar-refractivity contribution is -0.167. The summed E-state index contributed by atoms with van der Waals surface area (Å²) in [7, 11) is 0. The van der Waals surface area contributed by atoms with Crippen LogP contribution in [0.15, 0.2) is 36.5 Å². The molecule has 0 spiro atoms. The molecule has 64 heavy (non-hydrogen) atoms. The highest BCUT2D eigenvalue weighted by molar-refractivity contribution is 5.71. The van der Waals surface area contributed by atoms with Crippen molar-refractivity contribution >= 4 is 17.9 Å².